The SMILES string of the molecule is C[C@@H]1C/C=C/[C@H](O[Si](C)(C)C(C)(C)C)CCCC(=O)O1. The number of ether oxygens (including phenoxy) is 1. The average Bonchev–Trinajstić information content (AvgIpc) is 2.25. The van der Waals surface area contributed by atoms with E-state index in [0.29, 0.717) is 6.42 Å². The van der Waals surface area contributed by atoms with Crippen molar-refractivity contribution in [2.45, 2.75) is 83.7 Å². The van der Waals surface area contributed by atoms with Gasteiger partial charge in [-0.3, -0.25) is 4.79 Å². The molecule has 0 fully saturated rings. The zero-order valence-electron chi connectivity index (χ0n) is 13.9. The predicted octanol–water partition coefficient (Wildman–Crippen LogP) is 4.44. The molecule has 0 radical (unpaired) electrons. The molecule has 0 N–H and O–H groups in total. The van der Waals surface area contributed by atoms with Crippen LogP contribution >= 0.6 is 0 Å². The summed E-state index contributed by atoms with van der Waals surface area (Å²) in [5, 5.41) is 0.211. The van der Waals surface area contributed by atoms with E-state index in [1.54, 1.807) is 0 Å². The maximum absolute atomic E-state index is 11.6. The Hall–Kier alpha value is -0.613. The van der Waals surface area contributed by atoms with Gasteiger partial charge in [0.25, 0.3) is 0 Å². The summed E-state index contributed by atoms with van der Waals surface area (Å²) in [6.07, 6.45) is 7.34. The molecule has 20 heavy (non-hydrogen) atoms. The standard InChI is InChI=1S/C16H30O3Si/c1-13-9-7-10-14(11-8-12-15(17)18-13)19-20(5,6)16(2,3)4/h7,10,13-14H,8-9,11-12H2,1-6H3/b10-7+/t13-,14+/m1/s1. The van der Waals surface area contributed by atoms with E-state index in [1.165, 1.54) is 0 Å². The summed E-state index contributed by atoms with van der Waals surface area (Å²) in [5.41, 5.74) is 0. The Bertz CT molecular complexity index is 355. The Morgan fingerprint density at radius 1 is 1.35 bits per heavy atom. The first kappa shape index (κ1) is 17.4. The van der Waals surface area contributed by atoms with Gasteiger partial charge in [0.1, 0.15) is 6.10 Å². The highest BCUT2D eigenvalue weighted by Gasteiger charge is 2.38. The third-order valence-electron chi connectivity index (χ3n) is 4.27. The molecule has 0 aromatic carbocycles. The van der Waals surface area contributed by atoms with E-state index in [1.807, 2.05) is 6.92 Å². The van der Waals surface area contributed by atoms with E-state index in [9.17, 15) is 4.79 Å². The topological polar surface area (TPSA) is 35.5 Å². The zero-order valence-corrected chi connectivity index (χ0v) is 14.9. The first-order valence-electron chi connectivity index (χ1n) is 7.66. The molecule has 0 aliphatic carbocycles. The molecule has 0 aromatic rings. The van der Waals surface area contributed by atoms with Crippen LogP contribution in [0.2, 0.25) is 18.1 Å². The van der Waals surface area contributed by atoms with E-state index in [-0.39, 0.29) is 23.2 Å². The van der Waals surface area contributed by atoms with Gasteiger partial charge in [0.2, 0.25) is 0 Å². The lowest BCUT2D eigenvalue weighted by atomic mass is 10.1. The van der Waals surface area contributed by atoms with Gasteiger partial charge in [-0.25, -0.2) is 0 Å². The second-order valence-corrected chi connectivity index (χ2v) is 12.0. The fraction of sp³-hybridized carbons (Fsp3) is 0.812. The van der Waals surface area contributed by atoms with E-state index >= 15 is 0 Å². The number of esters is 1. The molecule has 0 bridgehead atoms. The third-order valence-corrected chi connectivity index (χ3v) is 8.78. The lowest BCUT2D eigenvalue weighted by Crippen LogP contribution is -2.43. The highest BCUT2D eigenvalue weighted by molar-refractivity contribution is 6.74. The quantitative estimate of drug-likeness (QED) is 0.429. The zero-order chi connectivity index (χ0) is 15.4. The van der Waals surface area contributed by atoms with Crippen LogP contribution in [0.25, 0.3) is 0 Å². The van der Waals surface area contributed by atoms with Crippen molar-refractivity contribution in [2.75, 3.05) is 0 Å². The fourth-order valence-corrected chi connectivity index (χ4v) is 3.26. The molecule has 1 aliphatic rings. The Morgan fingerprint density at radius 3 is 2.60 bits per heavy atom. The largest absolute Gasteiger partial charge is 0.462 e. The summed E-state index contributed by atoms with van der Waals surface area (Å²) in [7, 11) is -1.76. The number of rotatable bonds is 2. The number of carbonyl (C=O) groups excluding carboxylic acids is 1. The molecule has 1 aliphatic heterocycles. The fourth-order valence-electron chi connectivity index (χ4n) is 1.95. The summed E-state index contributed by atoms with van der Waals surface area (Å²) in [5.74, 6) is -0.0844. The summed E-state index contributed by atoms with van der Waals surface area (Å²) in [6.45, 7) is 13.2. The number of cyclic esters (lactones) is 1. The lowest BCUT2D eigenvalue weighted by molar-refractivity contribution is -0.148. The van der Waals surface area contributed by atoms with Gasteiger partial charge in [-0.1, -0.05) is 32.9 Å². The molecule has 0 amide bonds. The molecule has 4 heteroatoms. The third kappa shape index (κ3) is 5.41. The van der Waals surface area contributed by atoms with Crippen molar-refractivity contribution in [2.24, 2.45) is 0 Å². The molecule has 1 heterocycles. The summed E-state index contributed by atoms with van der Waals surface area (Å²) >= 11 is 0. The molecule has 2 atom stereocenters. The summed E-state index contributed by atoms with van der Waals surface area (Å²) in [6, 6.07) is 0. The predicted molar refractivity (Wildman–Crippen MR) is 85.2 cm³/mol. The van der Waals surface area contributed by atoms with Crippen molar-refractivity contribution in [3.63, 3.8) is 0 Å². The van der Waals surface area contributed by atoms with E-state index in [4.69, 9.17) is 9.16 Å². The van der Waals surface area contributed by atoms with Gasteiger partial charge in [0.15, 0.2) is 8.32 Å². The Labute approximate surface area is 124 Å². The molecule has 1 rings (SSSR count). The van der Waals surface area contributed by atoms with Crippen molar-refractivity contribution in [1.29, 1.82) is 0 Å². The van der Waals surface area contributed by atoms with Crippen LogP contribution in [0, 0.1) is 0 Å². The second kappa shape index (κ2) is 6.90. The van der Waals surface area contributed by atoms with Crippen molar-refractivity contribution in [3.8, 4) is 0 Å². The van der Waals surface area contributed by atoms with Gasteiger partial charge in [-0.05, 0) is 37.9 Å². The lowest BCUT2D eigenvalue weighted by Gasteiger charge is -2.38. The Balaban J connectivity index is 2.72. The molecule has 0 unspecified atom stereocenters. The van der Waals surface area contributed by atoms with Crippen molar-refractivity contribution >= 4 is 14.3 Å². The smallest absolute Gasteiger partial charge is 0.306 e. The molecule has 0 saturated carbocycles. The van der Waals surface area contributed by atoms with Crippen LogP contribution in [0.1, 0.15) is 53.4 Å². The van der Waals surface area contributed by atoms with Crippen LogP contribution < -0.4 is 0 Å². The number of carbonyl (C=O) groups is 1. The van der Waals surface area contributed by atoms with Crippen molar-refractivity contribution < 1.29 is 14.0 Å². The van der Waals surface area contributed by atoms with Crippen LogP contribution in [0.15, 0.2) is 12.2 Å². The van der Waals surface area contributed by atoms with Crippen molar-refractivity contribution in [3.05, 3.63) is 12.2 Å². The number of hydrogen-bond donors (Lipinski definition) is 0. The van der Waals surface area contributed by atoms with Gasteiger partial charge in [-0.15, -0.1) is 0 Å². The molecule has 0 saturated heterocycles. The van der Waals surface area contributed by atoms with Gasteiger partial charge in [-0.2, -0.15) is 0 Å². The van der Waals surface area contributed by atoms with Crippen LogP contribution in [0.5, 0.6) is 0 Å². The monoisotopic (exact) mass is 298 g/mol. The molecule has 3 nitrogen and oxygen atoms in total. The minimum absolute atomic E-state index is 0.0367. The highest BCUT2D eigenvalue weighted by Crippen LogP contribution is 2.38. The van der Waals surface area contributed by atoms with Crippen LogP contribution in [0.4, 0.5) is 0 Å². The molecule has 0 aromatic heterocycles. The maximum Gasteiger partial charge on any atom is 0.306 e. The normalized spacial score (nSPS) is 27.8. The van der Waals surface area contributed by atoms with Crippen LogP contribution in [-0.4, -0.2) is 26.5 Å². The van der Waals surface area contributed by atoms with Gasteiger partial charge < -0.3 is 9.16 Å². The number of hydrogen-bond acceptors (Lipinski definition) is 3. The second-order valence-electron chi connectivity index (χ2n) is 7.27. The van der Waals surface area contributed by atoms with Gasteiger partial charge in [0, 0.05) is 12.8 Å². The molecule has 0 spiro atoms. The Kier molecular flexibility index (Phi) is 6.01. The minimum Gasteiger partial charge on any atom is -0.462 e. The highest BCUT2D eigenvalue weighted by atomic mass is 28.4. The Morgan fingerprint density at radius 2 is 2.00 bits per heavy atom. The first-order chi connectivity index (χ1) is 9.12. The van der Waals surface area contributed by atoms with Crippen LogP contribution in [0.3, 0.4) is 0 Å². The van der Waals surface area contributed by atoms with Crippen molar-refractivity contribution in [1.82, 2.24) is 0 Å². The molecular formula is C16H30O3Si. The minimum atomic E-state index is -1.76. The maximum atomic E-state index is 11.6. The molecule has 116 valence electrons. The molecular weight excluding hydrogens is 268 g/mol. The van der Waals surface area contributed by atoms with E-state index < -0.39 is 8.32 Å². The van der Waals surface area contributed by atoms with Gasteiger partial charge >= 0.3 is 5.97 Å². The van der Waals surface area contributed by atoms with E-state index in [0.717, 1.165) is 19.3 Å². The summed E-state index contributed by atoms with van der Waals surface area (Å²) < 4.78 is 11.7. The van der Waals surface area contributed by atoms with Crippen LogP contribution in [-0.2, 0) is 14.0 Å². The summed E-state index contributed by atoms with van der Waals surface area (Å²) in [4.78, 5) is 11.6. The average molecular weight is 298 g/mol. The van der Waals surface area contributed by atoms with Gasteiger partial charge in [0.05, 0.1) is 6.10 Å². The van der Waals surface area contributed by atoms with E-state index in [2.05, 4.69) is 46.0 Å². The first-order valence-corrected chi connectivity index (χ1v) is 10.6.